The van der Waals surface area contributed by atoms with Crippen LogP contribution in [0.3, 0.4) is 0 Å². The maximum absolute atomic E-state index is 4.36. The van der Waals surface area contributed by atoms with Crippen LogP contribution < -0.4 is 4.90 Å². The lowest BCUT2D eigenvalue weighted by Crippen LogP contribution is -2.21. The molecule has 1 aliphatic rings. The minimum atomic E-state index is 0.596. The van der Waals surface area contributed by atoms with Crippen molar-refractivity contribution >= 4 is 21.9 Å². The lowest BCUT2D eigenvalue weighted by molar-refractivity contribution is 0.772. The third-order valence-corrected chi connectivity index (χ3v) is 3.76. The van der Waals surface area contributed by atoms with Crippen LogP contribution in [0.2, 0.25) is 0 Å². The van der Waals surface area contributed by atoms with Gasteiger partial charge in [0, 0.05) is 31.4 Å². The van der Waals surface area contributed by atoms with E-state index in [0.29, 0.717) is 5.92 Å². The van der Waals surface area contributed by atoms with Gasteiger partial charge in [-0.2, -0.15) is 0 Å². The van der Waals surface area contributed by atoms with Crippen LogP contribution in [0.5, 0.6) is 0 Å². The number of rotatable bonds is 2. The number of halogens is 1. The lowest BCUT2D eigenvalue weighted by Gasteiger charge is -2.16. The van der Waals surface area contributed by atoms with Gasteiger partial charge < -0.3 is 4.90 Å². The summed E-state index contributed by atoms with van der Waals surface area (Å²) in [7, 11) is 0. The van der Waals surface area contributed by atoms with E-state index in [1.807, 2.05) is 0 Å². The molecule has 1 fully saturated rings. The van der Waals surface area contributed by atoms with Crippen molar-refractivity contribution < 1.29 is 0 Å². The number of hydrogen-bond acceptors (Lipinski definition) is 3. The van der Waals surface area contributed by atoms with E-state index in [1.165, 1.54) is 12.0 Å². The minimum Gasteiger partial charge on any atom is -0.340 e. The van der Waals surface area contributed by atoms with E-state index in [9.17, 15) is 0 Å². The second-order valence-corrected chi connectivity index (χ2v) is 5.46. The Labute approximate surface area is 115 Å². The average Bonchev–Trinajstić information content (AvgIpc) is 2.90. The second-order valence-electron chi connectivity index (χ2n) is 4.54. The molecule has 0 radical (unpaired) electrons. The van der Waals surface area contributed by atoms with Crippen molar-refractivity contribution in [1.29, 1.82) is 0 Å². The molecule has 18 heavy (non-hydrogen) atoms. The number of aromatic nitrogens is 2. The Morgan fingerprint density at radius 1 is 1.11 bits per heavy atom. The molecule has 1 aromatic heterocycles. The highest BCUT2D eigenvalue weighted by atomic mass is 79.9. The minimum absolute atomic E-state index is 0.596. The first-order chi connectivity index (χ1) is 8.83. The Balaban J connectivity index is 1.74. The van der Waals surface area contributed by atoms with Gasteiger partial charge in [-0.05, 0) is 27.9 Å². The van der Waals surface area contributed by atoms with Crippen molar-refractivity contribution in [2.45, 2.75) is 12.3 Å². The Kier molecular flexibility index (Phi) is 3.28. The summed E-state index contributed by atoms with van der Waals surface area (Å²) in [6.45, 7) is 2.03. The maximum atomic E-state index is 4.36. The summed E-state index contributed by atoms with van der Waals surface area (Å²) in [4.78, 5) is 11.0. The molecule has 0 aliphatic carbocycles. The van der Waals surface area contributed by atoms with E-state index in [0.717, 1.165) is 23.5 Å². The molecule has 1 saturated heterocycles. The van der Waals surface area contributed by atoms with Gasteiger partial charge in [-0.3, -0.25) is 0 Å². The van der Waals surface area contributed by atoms with E-state index < -0.39 is 0 Å². The molecule has 0 bridgehead atoms. The SMILES string of the molecule is Brc1cnc(N2CCC(c3ccccc3)C2)nc1. The van der Waals surface area contributed by atoms with Crippen LogP contribution >= 0.6 is 15.9 Å². The Hall–Kier alpha value is -1.42. The van der Waals surface area contributed by atoms with Gasteiger partial charge in [0.2, 0.25) is 5.95 Å². The first-order valence-electron chi connectivity index (χ1n) is 6.10. The van der Waals surface area contributed by atoms with Crippen molar-refractivity contribution in [1.82, 2.24) is 9.97 Å². The van der Waals surface area contributed by atoms with E-state index >= 15 is 0 Å². The number of nitrogens with zero attached hydrogens (tertiary/aromatic N) is 3. The molecule has 0 spiro atoms. The number of anilines is 1. The molecule has 0 N–H and O–H groups in total. The lowest BCUT2D eigenvalue weighted by atomic mass is 9.99. The van der Waals surface area contributed by atoms with Crippen LogP contribution in [0, 0.1) is 0 Å². The molecule has 1 atom stereocenters. The third-order valence-electron chi connectivity index (χ3n) is 3.35. The largest absolute Gasteiger partial charge is 0.340 e. The standard InChI is InChI=1S/C14H14BrN3/c15-13-8-16-14(17-9-13)18-7-6-12(10-18)11-4-2-1-3-5-11/h1-5,8-9,12H,6-7,10H2. The summed E-state index contributed by atoms with van der Waals surface area (Å²) in [6, 6.07) is 10.7. The van der Waals surface area contributed by atoms with Crippen LogP contribution in [0.15, 0.2) is 47.2 Å². The van der Waals surface area contributed by atoms with Crippen LogP contribution in [-0.2, 0) is 0 Å². The van der Waals surface area contributed by atoms with Crippen molar-refractivity contribution in [3.8, 4) is 0 Å². The highest BCUT2D eigenvalue weighted by Gasteiger charge is 2.25. The average molecular weight is 304 g/mol. The zero-order valence-corrected chi connectivity index (χ0v) is 11.5. The highest BCUT2D eigenvalue weighted by molar-refractivity contribution is 9.10. The predicted molar refractivity (Wildman–Crippen MR) is 75.7 cm³/mol. The second kappa shape index (κ2) is 5.06. The van der Waals surface area contributed by atoms with Crippen LogP contribution in [0.25, 0.3) is 0 Å². The Bertz CT molecular complexity index is 512. The molecule has 92 valence electrons. The summed E-state index contributed by atoms with van der Waals surface area (Å²) in [5, 5.41) is 0. The van der Waals surface area contributed by atoms with Crippen LogP contribution in [-0.4, -0.2) is 23.1 Å². The Morgan fingerprint density at radius 2 is 1.83 bits per heavy atom. The van der Waals surface area contributed by atoms with Gasteiger partial charge in [-0.1, -0.05) is 30.3 Å². The van der Waals surface area contributed by atoms with E-state index in [-0.39, 0.29) is 0 Å². The fourth-order valence-electron chi connectivity index (χ4n) is 2.41. The third kappa shape index (κ3) is 2.38. The van der Waals surface area contributed by atoms with Gasteiger partial charge in [0.1, 0.15) is 0 Å². The zero-order chi connectivity index (χ0) is 12.4. The van der Waals surface area contributed by atoms with Crippen LogP contribution in [0.1, 0.15) is 17.9 Å². The first-order valence-corrected chi connectivity index (χ1v) is 6.89. The van der Waals surface area contributed by atoms with Crippen molar-refractivity contribution in [3.05, 3.63) is 52.8 Å². The fraction of sp³-hybridized carbons (Fsp3) is 0.286. The quantitative estimate of drug-likeness (QED) is 0.853. The van der Waals surface area contributed by atoms with Gasteiger partial charge >= 0.3 is 0 Å². The van der Waals surface area contributed by atoms with E-state index in [2.05, 4.69) is 61.1 Å². The molecule has 4 heteroatoms. The van der Waals surface area contributed by atoms with Crippen molar-refractivity contribution in [2.75, 3.05) is 18.0 Å². The van der Waals surface area contributed by atoms with Gasteiger partial charge in [0.15, 0.2) is 0 Å². The Morgan fingerprint density at radius 3 is 2.56 bits per heavy atom. The molecule has 0 amide bonds. The van der Waals surface area contributed by atoms with Crippen molar-refractivity contribution in [3.63, 3.8) is 0 Å². The fourth-order valence-corrected chi connectivity index (χ4v) is 2.61. The summed E-state index contributed by atoms with van der Waals surface area (Å²) < 4.78 is 0.921. The molecule has 2 aromatic rings. The van der Waals surface area contributed by atoms with Gasteiger partial charge in [0.05, 0.1) is 4.47 Å². The summed E-state index contributed by atoms with van der Waals surface area (Å²) in [5.41, 5.74) is 1.41. The molecule has 0 saturated carbocycles. The van der Waals surface area contributed by atoms with Crippen LogP contribution in [0.4, 0.5) is 5.95 Å². The van der Waals surface area contributed by atoms with Crippen molar-refractivity contribution in [2.24, 2.45) is 0 Å². The summed E-state index contributed by atoms with van der Waals surface area (Å²) in [5.74, 6) is 1.43. The normalized spacial score (nSPS) is 19.2. The van der Waals surface area contributed by atoms with E-state index in [4.69, 9.17) is 0 Å². The maximum Gasteiger partial charge on any atom is 0.225 e. The topological polar surface area (TPSA) is 29.0 Å². The van der Waals surface area contributed by atoms with Gasteiger partial charge in [-0.15, -0.1) is 0 Å². The molecule has 3 rings (SSSR count). The molecule has 2 heterocycles. The predicted octanol–water partition coefficient (Wildman–Crippen LogP) is 3.23. The summed E-state index contributed by atoms with van der Waals surface area (Å²) in [6.07, 6.45) is 4.78. The first kappa shape index (κ1) is 11.7. The smallest absolute Gasteiger partial charge is 0.225 e. The zero-order valence-electron chi connectivity index (χ0n) is 9.96. The highest BCUT2D eigenvalue weighted by Crippen LogP contribution is 2.28. The van der Waals surface area contributed by atoms with Gasteiger partial charge in [-0.25, -0.2) is 9.97 Å². The summed E-state index contributed by atoms with van der Waals surface area (Å²) >= 11 is 3.36. The molecular formula is C14H14BrN3. The molecule has 1 aliphatic heterocycles. The molecular weight excluding hydrogens is 290 g/mol. The molecule has 1 unspecified atom stereocenters. The number of benzene rings is 1. The molecule has 1 aromatic carbocycles. The monoisotopic (exact) mass is 303 g/mol. The molecule has 3 nitrogen and oxygen atoms in total. The van der Waals surface area contributed by atoms with Gasteiger partial charge in [0.25, 0.3) is 0 Å². The van der Waals surface area contributed by atoms with E-state index in [1.54, 1.807) is 12.4 Å². The number of hydrogen-bond donors (Lipinski definition) is 0.